The molecule has 0 saturated carbocycles. The van der Waals surface area contributed by atoms with Crippen LogP contribution in [0.5, 0.6) is 0 Å². The summed E-state index contributed by atoms with van der Waals surface area (Å²) >= 11 is 0. The summed E-state index contributed by atoms with van der Waals surface area (Å²) in [6, 6.07) is 25.1. The minimum absolute atomic E-state index is 0.119. The van der Waals surface area contributed by atoms with Crippen LogP contribution in [-0.4, -0.2) is 40.8 Å². The van der Waals surface area contributed by atoms with Crippen molar-refractivity contribution in [3.05, 3.63) is 103 Å². The predicted molar refractivity (Wildman–Crippen MR) is 183 cm³/mol. The zero-order valence-electron chi connectivity index (χ0n) is 26.2. The smallest absolute Gasteiger partial charge is 0.305 e. The number of benzene rings is 3. The van der Waals surface area contributed by atoms with Gasteiger partial charge in [-0.1, -0.05) is 67.8 Å². The van der Waals surface area contributed by atoms with Crippen molar-refractivity contribution in [2.75, 3.05) is 23.1 Å². The number of carbonyl (C=O) groups is 4. The second-order valence-electron chi connectivity index (χ2n) is 11.2. The summed E-state index contributed by atoms with van der Waals surface area (Å²) in [7, 11) is 1.39. The van der Waals surface area contributed by atoms with E-state index in [1.54, 1.807) is 48.8 Å². The Morgan fingerprint density at radius 3 is 1.68 bits per heavy atom. The topological polar surface area (TPSA) is 139 Å². The van der Waals surface area contributed by atoms with Crippen molar-refractivity contribution in [3.8, 4) is 0 Å². The van der Waals surface area contributed by atoms with E-state index in [0.29, 0.717) is 46.5 Å². The first-order valence-corrected chi connectivity index (χ1v) is 15.7. The summed E-state index contributed by atoms with van der Waals surface area (Å²) in [6.07, 6.45) is 8.33. The van der Waals surface area contributed by atoms with Gasteiger partial charge < -0.3 is 20.7 Å². The third kappa shape index (κ3) is 8.76. The Kier molecular flexibility index (Phi) is 11.2. The summed E-state index contributed by atoms with van der Waals surface area (Å²) in [5.74, 6) is -2.61. The molecule has 0 unspecified atom stereocenters. The monoisotopic (exact) mass is 631 g/mol. The minimum atomic E-state index is -1.23. The maximum Gasteiger partial charge on any atom is 0.305 e. The molecule has 0 fully saturated rings. The Bertz CT molecular complexity index is 1770. The first kappa shape index (κ1) is 32.7. The lowest BCUT2D eigenvalue weighted by molar-refractivity contribution is -0.140. The van der Waals surface area contributed by atoms with E-state index in [1.807, 2.05) is 48.5 Å². The zero-order valence-corrected chi connectivity index (χ0v) is 26.2. The highest BCUT2D eigenvalue weighted by atomic mass is 16.5. The number of rotatable bonds is 14. The quantitative estimate of drug-likeness (QED) is 0.0682. The fourth-order valence-electron chi connectivity index (χ4n) is 5.41. The highest BCUT2D eigenvalue weighted by Crippen LogP contribution is 2.28. The molecule has 0 atom stereocenters. The summed E-state index contributed by atoms with van der Waals surface area (Å²) in [5.41, 5.74) is 3.22. The Hall–Kier alpha value is -5.64. The second-order valence-corrected chi connectivity index (χ2v) is 11.2. The van der Waals surface area contributed by atoms with Crippen LogP contribution in [0.25, 0.3) is 21.8 Å². The maximum atomic E-state index is 13.9. The third-order valence-corrected chi connectivity index (χ3v) is 7.85. The SMILES string of the molecule is COC(=O)CCCCCCCC(=O)Nc1ccc(C(C(=O)Nc2cccc3cccnc23)C(=O)Nc2cccc3cccnc23)cc1. The number of fused-ring (bicyclic) bond motifs is 2. The molecule has 0 aliphatic heterocycles. The van der Waals surface area contributed by atoms with Gasteiger partial charge in [0.05, 0.1) is 29.5 Å². The first-order valence-electron chi connectivity index (χ1n) is 15.7. The number of methoxy groups -OCH3 is 1. The molecule has 2 aromatic heterocycles. The van der Waals surface area contributed by atoms with Crippen LogP contribution in [0, 0.1) is 0 Å². The maximum absolute atomic E-state index is 13.9. The number of pyridine rings is 2. The van der Waals surface area contributed by atoms with Crippen molar-refractivity contribution in [3.63, 3.8) is 0 Å². The molecule has 5 aromatic rings. The standard InChI is InChI=1S/C37H37N5O5/c1-47-32(44)18-6-4-2-3-5-17-31(43)40-28-21-19-25(20-22-28)33(36(45)41-29-15-7-11-26-13-9-23-38-34(26)29)37(46)42-30-16-8-12-27-14-10-24-39-35(27)30/h7-16,19-24,33H,2-6,17-18H2,1H3,(H,40,43)(H,41,45)(H,42,46). The van der Waals surface area contributed by atoms with E-state index < -0.39 is 17.7 Å². The number of carbonyl (C=O) groups excluding carboxylic acids is 4. The van der Waals surface area contributed by atoms with Crippen LogP contribution >= 0.6 is 0 Å². The Balaban J connectivity index is 1.28. The first-order chi connectivity index (χ1) is 22.9. The van der Waals surface area contributed by atoms with Crippen LogP contribution in [0.1, 0.15) is 56.4 Å². The molecule has 240 valence electrons. The molecular weight excluding hydrogens is 594 g/mol. The van der Waals surface area contributed by atoms with Crippen LogP contribution < -0.4 is 16.0 Å². The largest absolute Gasteiger partial charge is 0.469 e. The minimum Gasteiger partial charge on any atom is -0.469 e. The second kappa shape index (κ2) is 16.1. The number of anilines is 3. The molecule has 3 aromatic carbocycles. The summed E-state index contributed by atoms with van der Waals surface area (Å²) in [6.45, 7) is 0. The van der Waals surface area contributed by atoms with Gasteiger partial charge in [0.15, 0.2) is 0 Å². The number of nitrogens with one attached hydrogen (secondary N) is 3. The van der Waals surface area contributed by atoms with Crippen LogP contribution in [0.2, 0.25) is 0 Å². The van der Waals surface area contributed by atoms with Crippen molar-refractivity contribution in [1.82, 2.24) is 9.97 Å². The van der Waals surface area contributed by atoms with Crippen LogP contribution in [0.15, 0.2) is 97.3 Å². The van der Waals surface area contributed by atoms with Gasteiger partial charge in [-0.05, 0) is 54.8 Å². The van der Waals surface area contributed by atoms with Crippen molar-refractivity contribution in [2.45, 2.75) is 50.9 Å². The van der Waals surface area contributed by atoms with Crippen molar-refractivity contribution in [1.29, 1.82) is 0 Å². The van der Waals surface area contributed by atoms with Crippen LogP contribution in [0.4, 0.5) is 17.1 Å². The fraction of sp³-hybridized carbons (Fsp3) is 0.243. The van der Waals surface area contributed by atoms with Crippen molar-refractivity contribution in [2.24, 2.45) is 0 Å². The van der Waals surface area contributed by atoms with Crippen LogP contribution in [0.3, 0.4) is 0 Å². The summed E-state index contributed by atoms with van der Waals surface area (Å²) in [5, 5.41) is 10.4. The molecule has 10 heteroatoms. The number of hydrogen-bond donors (Lipinski definition) is 3. The highest BCUT2D eigenvalue weighted by molar-refractivity contribution is 6.17. The molecule has 5 rings (SSSR count). The highest BCUT2D eigenvalue weighted by Gasteiger charge is 2.30. The predicted octanol–water partition coefficient (Wildman–Crippen LogP) is 6.99. The third-order valence-electron chi connectivity index (χ3n) is 7.85. The molecule has 0 saturated heterocycles. The zero-order chi connectivity index (χ0) is 33.0. The number of ether oxygens (including phenoxy) is 1. The normalized spacial score (nSPS) is 10.9. The average Bonchev–Trinajstić information content (AvgIpc) is 3.09. The summed E-state index contributed by atoms with van der Waals surface area (Å²) < 4.78 is 4.65. The van der Waals surface area contributed by atoms with Gasteiger partial charge in [-0.2, -0.15) is 0 Å². The lowest BCUT2D eigenvalue weighted by Gasteiger charge is -2.19. The molecule has 0 aliphatic carbocycles. The van der Waals surface area contributed by atoms with Gasteiger partial charge in [0.2, 0.25) is 17.7 Å². The van der Waals surface area contributed by atoms with E-state index in [1.165, 1.54) is 7.11 Å². The summed E-state index contributed by atoms with van der Waals surface area (Å²) in [4.78, 5) is 60.4. The molecule has 0 spiro atoms. The Labute approximate surface area is 273 Å². The number of esters is 1. The fourth-order valence-corrected chi connectivity index (χ4v) is 5.41. The number of amides is 3. The van der Waals surface area contributed by atoms with E-state index in [9.17, 15) is 19.2 Å². The Morgan fingerprint density at radius 2 is 1.13 bits per heavy atom. The van der Waals surface area contributed by atoms with E-state index in [2.05, 4.69) is 30.7 Å². The lowest BCUT2D eigenvalue weighted by atomic mass is 9.96. The molecule has 2 heterocycles. The molecular formula is C37H37N5O5. The number of unbranched alkanes of at least 4 members (excludes halogenated alkanes) is 4. The molecule has 3 N–H and O–H groups in total. The molecule has 3 amide bonds. The molecule has 47 heavy (non-hydrogen) atoms. The van der Waals surface area contributed by atoms with Gasteiger partial charge in [-0.3, -0.25) is 29.1 Å². The number of nitrogens with zero attached hydrogens (tertiary/aromatic N) is 2. The molecule has 0 bridgehead atoms. The molecule has 0 radical (unpaired) electrons. The average molecular weight is 632 g/mol. The van der Waals surface area contributed by atoms with Gasteiger partial charge in [0.1, 0.15) is 5.92 Å². The van der Waals surface area contributed by atoms with Crippen molar-refractivity contribution < 1.29 is 23.9 Å². The van der Waals surface area contributed by atoms with E-state index in [0.717, 1.165) is 42.9 Å². The van der Waals surface area contributed by atoms with Gasteiger partial charge in [-0.25, -0.2) is 0 Å². The molecule has 10 nitrogen and oxygen atoms in total. The molecule has 0 aliphatic rings. The van der Waals surface area contributed by atoms with E-state index in [-0.39, 0.29) is 11.9 Å². The number of hydrogen-bond acceptors (Lipinski definition) is 7. The number of para-hydroxylation sites is 2. The number of aromatic nitrogens is 2. The van der Waals surface area contributed by atoms with Crippen molar-refractivity contribution >= 4 is 62.6 Å². The van der Waals surface area contributed by atoms with Crippen LogP contribution in [-0.2, 0) is 23.9 Å². The van der Waals surface area contributed by atoms with Gasteiger partial charge in [0, 0.05) is 41.7 Å². The van der Waals surface area contributed by atoms with E-state index >= 15 is 0 Å². The van der Waals surface area contributed by atoms with Gasteiger partial charge >= 0.3 is 5.97 Å². The lowest BCUT2D eigenvalue weighted by Crippen LogP contribution is -2.32. The van der Waals surface area contributed by atoms with Gasteiger partial charge in [-0.15, -0.1) is 0 Å². The van der Waals surface area contributed by atoms with E-state index in [4.69, 9.17) is 0 Å². The van der Waals surface area contributed by atoms with Gasteiger partial charge in [0.25, 0.3) is 0 Å². The Morgan fingerprint density at radius 1 is 0.617 bits per heavy atom.